The summed E-state index contributed by atoms with van der Waals surface area (Å²) in [7, 11) is 0. The first kappa shape index (κ1) is 25.2. The van der Waals surface area contributed by atoms with Crippen molar-refractivity contribution in [3.63, 3.8) is 0 Å². The summed E-state index contributed by atoms with van der Waals surface area (Å²) in [6, 6.07) is 30.0. The number of carboxylic acids is 1. The monoisotopic (exact) mass is 560 g/mol. The molecule has 0 fully saturated rings. The Balaban J connectivity index is 1.49. The van der Waals surface area contributed by atoms with E-state index >= 15 is 0 Å². The molecule has 1 atom stereocenters. The zero-order valence-corrected chi connectivity index (χ0v) is 21.3. The number of carbonyl (C=O) groups is 3. The lowest BCUT2D eigenvalue weighted by Gasteiger charge is -2.17. The third-order valence-electron chi connectivity index (χ3n) is 5.22. The molecule has 4 rings (SSSR count). The van der Waals surface area contributed by atoms with Gasteiger partial charge in [0.15, 0.2) is 0 Å². The molecule has 180 valence electrons. The molecular formula is C28H21BrN2O4S. The summed E-state index contributed by atoms with van der Waals surface area (Å²) in [6.07, 6.45) is 0. The van der Waals surface area contributed by atoms with Crippen LogP contribution in [0, 0.1) is 0 Å². The zero-order chi connectivity index (χ0) is 25.5. The van der Waals surface area contributed by atoms with Crippen LogP contribution in [0.2, 0.25) is 0 Å². The van der Waals surface area contributed by atoms with Crippen LogP contribution >= 0.6 is 27.7 Å². The van der Waals surface area contributed by atoms with Crippen LogP contribution in [0.25, 0.3) is 0 Å². The predicted octanol–water partition coefficient (Wildman–Crippen LogP) is 6.87. The van der Waals surface area contributed by atoms with E-state index in [1.807, 2.05) is 66.7 Å². The van der Waals surface area contributed by atoms with Gasteiger partial charge in [-0.15, -0.1) is 11.8 Å². The summed E-state index contributed by atoms with van der Waals surface area (Å²) in [4.78, 5) is 38.1. The van der Waals surface area contributed by atoms with Crippen LogP contribution in [0.4, 0.5) is 11.4 Å². The minimum Gasteiger partial charge on any atom is -0.478 e. The molecule has 4 aromatic rings. The number of aromatic carboxylic acids is 1. The third kappa shape index (κ3) is 6.41. The number of anilines is 2. The fraction of sp³-hybridized carbons (Fsp3) is 0.0357. The lowest BCUT2D eigenvalue weighted by molar-refractivity contribution is -0.115. The Bertz CT molecular complexity index is 1380. The van der Waals surface area contributed by atoms with Gasteiger partial charge in [0.2, 0.25) is 5.91 Å². The largest absolute Gasteiger partial charge is 0.478 e. The standard InChI is InChI=1S/C28H21BrN2O4S/c29-19-10-12-20(13-11-19)31-27(33)25(18-6-2-1-3-7-18)36-22-16-14-21(15-17-22)30-26(32)23-8-4-5-9-24(23)28(34)35/h1-17,25H,(H,30,32)(H,31,33)(H,34,35). The Morgan fingerprint density at radius 1 is 0.694 bits per heavy atom. The summed E-state index contributed by atoms with van der Waals surface area (Å²) in [5.74, 6) is -1.83. The fourth-order valence-electron chi connectivity index (χ4n) is 3.46. The van der Waals surface area contributed by atoms with Gasteiger partial charge >= 0.3 is 5.97 Å². The van der Waals surface area contributed by atoms with Gasteiger partial charge in [-0.3, -0.25) is 9.59 Å². The summed E-state index contributed by atoms with van der Waals surface area (Å²) < 4.78 is 0.924. The highest BCUT2D eigenvalue weighted by Crippen LogP contribution is 2.37. The SMILES string of the molecule is O=C(O)c1ccccc1C(=O)Nc1ccc(SC(C(=O)Nc2ccc(Br)cc2)c2ccccc2)cc1. The molecule has 1 unspecified atom stereocenters. The molecule has 0 aliphatic carbocycles. The molecule has 0 aliphatic heterocycles. The van der Waals surface area contributed by atoms with Gasteiger partial charge in [0.25, 0.3) is 5.91 Å². The molecule has 2 amide bonds. The van der Waals surface area contributed by atoms with Gasteiger partial charge in [0.05, 0.1) is 11.1 Å². The van der Waals surface area contributed by atoms with Crippen molar-refractivity contribution in [2.24, 2.45) is 0 Å². The molecule has 8 heteroatoms. The van der Waals surface area contributed by atoms with E-state index in [-0.39, 0.29) is 17.0 Å². The topological polar surface area (TPSA) is 95.5 Å². The van der Waals surface area contributed by atoms with Crippen molar-refractivity contribution < 1.29 is 19.5 Å². The first-order chi connectivity index (χ1) is 17.4. The summed E-state index contributed by atoms with van der Waals surface area (Å²) in [5.41, 5.74) is 2.09. The maximum absolute atomic E-state index is 13.2. The number of rotatable bonds is 8. The number of halogens is 1. The molecule has 0 heterocycles. The average Bonchev–Trinajstić information content (AvgIpc) is 2.90. The van der Waals surface area contributed by atoms with E-state index in [4.69, 9.17) is 0 Å². The van der Waals surface area contributed by atoms with Crippen molar-refractivity contribution in [2.45, 2.75) is 10.1 Å². The van der Waals surface area contributed by atoms with Gasteiger partial charge in [0, 0.05) is 20.7 Å². The Hall–Kier alpha value is -3.88. The highest BCUT2D eigenvalue weighted by Gasteiger charge is 2.22. The molecule has 3 N–H and O–H groups in total. The minimum atomic E-state index is -1.17. The van der Waals surface area contributed by atoms with Gasteiger partial charge < -0.3 is 15.7 Å². The number of amides is 2. The van der Waals surface area contributed by atoms with Gasteiger partial charge in [-0.2, -0.15) is 0 Å². The lowest BCUT2D eigenvalue weighted by atomic mass is 10.1. The maximum Gasteiger partial charge on any atom is 0.336 e. The van der Waals surface area contributed by atoms with Crippen LogP contribution < -0.4 is 10.6 Å². The molecule has 36 heavy (non-hydrogen) atoms. The van der Waals surface area contributed by atoms with Crippen molar-refractivity contribution in [1.82, 2.24) is 0 Å². The van der Waals surface area contributed by atoms with E-state index in [0.717, 1.165) is 14.9 Å². The molecule has 0 spiro atoms. The number of carboxylic acid groups (broad SMARTS) is 1. The third-order valence-corrected chi connectivity index (χ3v) is 7.02. The Morgan fingerprint density at radius 3 is 1.89 bits per heavy atom. The van der Waals surface area contributed by atoms with E-state index in [9.17, 15) is 19.5 Å². The number of benzene rings is 4. The Kier molecular flexibility index (Phi) is 8.20. The summed E-state index contributed by atoms with van der Waals surface area (Å²) >= 11 is 4.79. The molecular weight excluding hydrogens is 540 g/mol. The van der Waals surface area contributed by atoms with E-state index in [0.29, 0.717) is 11.4 Å². The molecule has 0 saturated heterocycles. The lowest BCUT2D eigenvalue weighted by Crippen LogP contribution is -2.19. The van der Waals surface area contributed by atoms with Gasteiger partial charge in [0.1, 0.15) is 5.25 Å². The van der Waals surface area contributed by atoms with Crippen molar-refractivity contribution in [3.05, 3.63) is 124 Å². The highest BCUT2D eigenvalue weighted by atomic mass is 79.9. The molecule has 6 nitrogen and oxygen atoms in total. The second-order valence-corrected chi connectivity index (χ2v) is 9.83. The first-order valence-corrected chi connectivity index (χ1v) is 12.6. The second-order valence-electron chi connectivity index (χ2n) is 7.73. The van der Waals surface area contributed by atoms with Crippen LogP contribution in [0.5, 0.6) is 0 Å². The minimum absolute atomic E-state index is 0.0651. The van der Waals surface area contributed by atoms with Crippen molar-refractivity contribution in [1.29, 1.82) is 0 Å². The van der Waals surface area contributed by atoms with Crippen LogP contribution in [0.3, 0.4) is 0 Å². The molecule has 0 aromatic heterocycles. The van der Waals surface area contributed by atoms with Crippen molar-refractivity contribution >= 4 is 56.9 Å². The van der Waals surface area contributed by atoms with Gasteiger partial charge in [-0.1, -0.05) is 58.4 Å². The smallest absolute Gasteiger partial charge is 0.336 e. The van der Waals surface area contributed by atoms with Crippen molar-refractivity contribution in [3.8, 4) is 0 Å². The quantitative estimate of drug-likeness (QED) is 0.204. The predicted molar refractivity (Wildman–Crippen MR) is 146 cm³/mol. The number of nitrogens with one attached hydrogen (secondary N) is 2. The molecule has 0 bridgehead atoms. The molecule has 0 saturated carbocycles. The first-order valence-electron chi connectivity index (χ1n) is 10.9. The maximum atomic E-state index is 13.2. The Labute approximate surface area is 220 Å². The van der Waals surface area contributed by atoms with Crippen LogP contribution in [0.1, 0.15) is 31.5 Å². The van der Waals surface area contributed by atoms with Gasteiger partial charge in [-0.05, 0) is 66.2 Å². The van der Waals surface area contributed by atoms with E-state index in [1.165, 1.54) is 23.9 Å². The van der Waals surface area contributed by atoms with Crippen LogP contribution in [-0.2, 0) is 4.79 Å². The van der Waals surface area contributed by atoms with Crippen LogP contribution in [0.15, 0.2) is 112 Å². The fourth-order valence-corrected chi connectivity index (χ4v) is 4.75. The zero-order valence-electron chi connectivity index (χ0n) is 18.9. The Morgan fingerprint density at radius 2 is 1.25 bits per heavy atom. The van der Waals surface area contributed by atoms with Crippen molar-refractivity contribution in [2.75, 3.05) is 10.6 Å². The summed E-state index contributed by atoms with van der Waals surface area (Å²) in [6.45, 7) is 0. The summed E-state index contributed by atoms with van der Waals surface area (Å²) in [5, 5.41) is 14.5. The number of thioether (sulfide) groups is 1. The molecule has 4 aromatic carbocycles. The van der Waals surface area contributed by atoms with Gasteiger partial charge in [-0.25, -0.2) is 4.79 Å². The average molecular weight is 561 g/mol. The normalized spacial score (nSPS) is 11.4. The number of hydrogen-bond donors (Lipinski definition) is 3. The number of hydrogen-bond acceptors (Lipinski definition) is 4. The molecule has 0 aliphatic rings. The second kappa shape index (κ2) is 11.7. The van der Waals surface area contributed by atoms with E-state index < -0.39 is 17.1 Å². The van der Waals surface area contributed by atoms with Crippen LogP contribution in [-0.4, -0.2) is 22.9 Å². The molecule has 0 radical (unpaired) electrons. The van der Waals surface area contributed by atoms with E-state index in [2.05, 4.69) is 26.6 Å². The van der Waals surface area contributed by atoms with E-state index in [1.54, 1.807) is 24.3 Å². The number of carbonyl (C=O) groups excluding carboxylic acids is 2. The highest BCUT2D eigenvalue weighted by molar-refractivity contribution is 9.10.